The minimum atomic E-state index is -0.605. The van der Waals surface area contributed by atoms with Crippen LogP contribution in [0.3, 0.4) is 0 Å². The van der Waals surface area contributed by atoms with E-state index in [-0.39, 0.29) is 11.9 Å². The summed E-state index contributed by atoms with van der Waals surface area (Å²) in [7, 11) is 0. The van der Waals surface area contributed by atoms with E-state index >= 15 is 0 Å². The van der Waals surface area contributed by atoms with E-state index in [4.69, 9.17) is 23.1 Å². The third-order valence-electron chi connectivity index (χ3n) is 4.05. The molecule has 2 unspecified atom stereocenters. The number of anilines is 1. The Bertz CT molecular complexity index is 561. The van der Waals surface area contributed by atoms with Gasteiger partial charge in [-0.3, -0.25) is 9.59 Å². The number of primary amides is 1. The van der Waals surface area contributed by atoms with Crippen LogP contribution in [0.2, 0.25) is 5.02 Å². The molecule has 2 atom stereocenters. The Hall–Kier alpha value is -1.59. The topological polar surface area (TPSA) is 98.2 Å². The first-order chi connectivity index (χ1) is 9.34. The van der Waals surface area contributed by atoms with Gasteiger partial charge < -0.3 is 16.8 Å². The first-order valence-corrected chi connectivity index (χ1v) is 6.89. The number of hydrogen-bond acceptors (Lipinski definition) is 3. The van der Waals surface area contributed by atoms with Gasteiger partial charge in [-0.15, -0.1) is 0 Å². The lowest BCUT2D eigenvalue weighted by molar-refractivity contribution is -0.125. The van der Waals surface area contributed by atoms with E-state index in [2.05, 4.69) is 5.32 Å². The largest absolute Gasteiger partial charge is 0.366 e. The maximum absolute atomic E-state index is 12.4. The van der Waals surface area contributed by atoms with Crippen molar-refractivity contribution in [3.05, 3.63) is 28.8 Å². The van der Waals surface area contributed by atoms with Crippen LogP contribution in [0.4, 0.5) is 5.69 Å². The second-order valence-electron chi connectivity index (χ2n) is 5.43. The maximum Gasteiger partial charge on any atom is 0.248 e. The third kappa shape index (κ3) is 2.64. The molecular formula is C14H18ClN3O2. The molecule has 6 heteroatoms. The van der Waals surface area contributed by atoms with Crippen LogP contribution in [-0.2, 0) is 4.79 Å². The van der Waals surface area contributed by atoms with Crippen LogP contribution in [0.25, 0.3) is 0 Å². The van der Waals surface area contributed by atoms with Gasteiger partial charge in [-0.25, -0.2) is 0 Å². The molecular weight excluding hydrogens is 278 g/mol. The predicted molar refractivity (Wildman–Crippen MR) is 78.5 cm³/mol. The van der Waals surface area contributed by atoms with Gasteiger partial charge in [0.05, 0.1) is 16.1 Å². The van der Waals surface area contributed by atoms with Crippen molar-refractivity contribution in [1.29, 1.82) is 0 Å². The molecule has 1 aliphatic carbocycles. The van der Waals surface area contributed by atoms with E-state index in [0.717, 1.165) is 19.3 Å². The van der Waals surface area contributed by atoms with E-state index in [1.807, 2.05) is 6.92 Å². The monoisotopic (exact) mass is 295 g/mol. The minimum Gasteiger partial charge on any atom is -0.366 e. The standard InChI is InChI=1S/C14H18ClN3O2/c1-14(6-2-3-11(14)16)13(20)18-10-7-8(12(17)19)4-5-9(10)15/h4-5,7,11H,2-3,6,16H2,1H3,(H2,17,19)(H,18,20). The van der Waals surface area contributed by atoms with Gasteiger partial charge in [0.15, 0.2) is 0 Å². The number of nitrogens with two attached hydrogens (primary N) is 2. The molecule has 1 saturated carbocycles. The van der Waals surface area contributed by atoms with Crippen molar-refractivity contribution in [2.45, 2.75) is 32.2 Å². The highest BCUT2D eigenvalue weighted by molar-refractivity contribution is 6.34. The maximum atomic E-state index is 12.4. The summed E-state index contributed by atoms with van der Waals surface area (Å²) < 4.78 is 0. The lowest BCUT2D eigenvalue weighted by Gasteiger charge is -2.27. The highest BCUT2D eigenvalue weighted by Crippen LogP contribution is 2.38. The van der Waals surface area contributed by atoms with Gasteiger partial charge in [-0.2, -0.15) is 0 Å². The highest BCUT2D eigenvalue weighted by Gasteiger charge is 2.43. The van der Waals surface area contributed by atoms with Crippen molar-refractivity contribution >= 4 is 29.1 Å². The molecule has 0 radical (unpaired) electrons. The Kier molecular flexibility index (Phi) is 4.01. The summed E-state index contributed by atoms with van der Waals surface area (Å²) in [5.74, 6) is -0.744. The molecule has 2 rings (SSSR count). The molecule has 0 saturated heterocycles. The molecule has 0 aromatic heterocycles. The number of halogens is 1. The van der Waals surface area contributed by atoms with Crippen LogP contribution in [0.1, 0.15) is 36.5 Å². The Balaban J connectivity index is 2.23. The van der Waals surface area contributed by atoms with Crippen molar-refractivity contribution in [3.8, 4) is 0 Å². The third-order valence-corrected chi connectivity index (χ3v) is 4.38. The molecule has 0 spiro atoms. The van der Waals surface area contributed by atoms with Crippen LogP contribution in [0, 0.1) is 5.41 Å². The molecule has 0 bridgehead atoms. The van der Waals surface area contributed by atoms with Crippen molar-refractivity contribution in [1.82, 2.24) is 0 Å². The summed E-state index contributed by atoms with van der Waals surface area (Å²) >= 11 is 6.04. The molecule has 20 heavy (non-hydrogen) atoms. The van der Waals surface area contributed by atoms with Crippen molar-refractivity contribution < 1.29 is 9.59 Å². The molecule has 1 fully saturated rings. The van der Waals surface area contributed by atoms with Crippen LogP contribution < -0.4 is 16.8 Å². The number of carbonyl (C=O) groups is 2. The summed E-state index contributed by atoms with van der Waals surface area (Å²) in [6.07, 6.45) is 2.51. The fourth-order valence-corrected chi connectivity index (χ4v) is 2.68. The van der Waals surface area contributed by atoms with E-state index in [9.17, 15) is 9.59 Å². The number of carbonyl (C=O) groups excluding carboxylic acids is 2. The van der Waals surface area contributed by atoms with Gasteiger partial charge >= 0.3 is 0 Å². The molecule has 0 heterocycles. The van der Waals surface area contributed by atoms with E-state index < -0.39 is 11.3 Å². The first-order valence-electron chi connectivity index (χ1n) is 6.51. The van der Waals surface area contributed by atoms with Crippen LogP contribution in [0.5, 0.6) is 0 Å². The van der Waals surface area contributed by atoms with Gasteiger partial charge in [-0.05, 0) is 38.0 Å². The SMILES string of the molecule is CC1(C(=O)Nc2cc(C(N)=O)ccc2Cl)CCCC1N. The second kappa shape index (κ2) is 5.42. The zero-order chi connectivity index (χ0) is 14.9. The number of amides is 2. The minimum absolute atomic E-state index is 0.166. The van der Waals surface area contributed by atoms with Gasteiger partial charge in [0.2, 0.25) is 11.8 Å². The fraction of sp³-hybridized carbons (Fsp3) is 0.429. The molecule has 0 aliphatic heterocycles. The smallest absolute Gasteiger partial charge is 0.248 e. The molecule has 5 nitrogen and oxygen atoms in total. The lowest BCUT2D eigenvalue weighted by Crippen LogP contribution is -2.44. The average molecular weight is 296 g/mol. The zero-order valence-electron chi connectivity index (χ0n) is 11.3. The van der Waals surface area contributed by atoms with E-state index in [1.165, 1.54) is 18.2 Å². The van der Waals surface area contributed by atoms with Crippen LogP contribution >= 0.6 is 11.6 Å². The van der Waals surface area contributed by atoms with Crippen molar-refractivity contribution in [3.63, 3.8) is 0 Å². The summed E-state index contributed by atoms with van der Waals surface area (Å²) in [5.41, 5.74) is 11.3. The zero-order valence-corrected chi connectivity index (χ0v) is 12.0. The lowest BCUT2D eigenvalue weighted by atomic mass is 9.84. The van der Waals surface area contributed by atoms with Gasteiger partial charge in [0.25, 0.3) is 0 Å². The molecule has 2 amide bonds. The predicted octanol–water partition coefficient (Wildman–Crippen LogP) is 1.89. The quantitative estimate of drug-likeness (QED) is 0.794. The summed E-state index contributed by atoms with van der Waals surface area (Å²) in [4.78, 5) is 23.6. The van der Waals surface area contributed by atoms with Gasteiger partial charge in [-0.1, -0.05) is 18.0 Å². The Labute approximate surface area is 122 Å². The van der Waals surface area contributed by atoms with Crippen LogP contribution in [-0.4, -0.2) is 17.9 Å². The summed E-state index contributed by atoms with van der Waals surface area (Å²) in [6.45, 7) is 1.85. The first kappa shape index (κ1) is 14.8. The van der Waals surface area contributed by atoms with Gasteiger partial charge in [0.1, 0.15) is 0 Å². The Morgan fingerprint density at radius 3 is 2.70 bits per heavy atom. The number of rotatable bonds is 3. The molecule has 108 valence electrons. The molecule has 1 aromatic carbocycles. The summed E-state index contributed by atoms with van der Waals surface area (Å²) in [6, 6.07) is 4.37. The Morgan fingerprint density at radius 2 is 2.15 bits per heavy atom. The molecule has 5 N–H and O–H groups in total. The fourth-order valence-electron chi connectivity index (χ4n) is 2.51. The normalized spacial score (nSPS) is 25.4. The number of benzene rings is 1. The second-order valence-corrected chi connectivity index (χ2v) is 5.84. The average Bonchev–Trinajstić information content (AvgIpc) is 2.73. The van der Waals surface area contributed by atoms with Crippen molar-refractivity contribution in [2.75, 3.05) is 5.32 Å². The molecule has 1 aliphatic rings. The molecule has 1 aromatic rings. The van der Waals surface area contributed by atoms with E-state index in [1.54, 1.807) is 0 Å². The van der Waals surface area contributed by atoms with Crippen LogP contribution in [0.15, 0.2) is 18.2 Å². The number of hydrogen-bond donors (Lipinski definition) is 3. The van der Waals surface area contributed by atoms with Gasteiger partial charge in [0, 0.05) is 11.6 Å². The van der Waals surface area contributed by atoms with Crippen molar-refractivity contribution in [2.24, 2.45) is 16.9 Å². The highest BCUT2D eigenvalue weighted by atomic mass is 35.5. The number of nitrogens with one attached hydrogen (secondary N) is 1. The summed E-state index contributed by atoms with van der Waals surface area (Å²) in [5, 5.41) is 3.12. The Morgan fingerprint density at radius 1 is 1.45 bits per heavy atom. The van der Waals surface area contributed by atoms with E-state index in [0.29, 0.717) is 16.3 Å².